The highest BCUT2D eigenvalue weighted by Crippen LogP contribution is 2.40. The Balaban J connectivity index is 0.939. The van der Waals surface area contributed by atoms with Crippen LogP contribution in [-0.2, 0) is 21.8 Å². The predicted molar refractivity (Wildman–Crippen MR) is 193 cm³/mol. The summed E-state index contributed by atoms with van der Waals surface area (Å²) >= 11 is 12.8. The number of benzene rings is 3. The van der Waals surface area contributed by atoms with Crippen molar-refractivity contribution in [2.45, 2.75) is 51.7 Å². The number of hydrogen-bond donors (Lipinski definition) is 0. The molecule has 0 spiro atoms. The third-order valence-electron chi connectivity index (χ3n) is 9.46. The van der Waals surface area contributed by atoms with E-state index in [9.17, 15) is 4.79 Å². The number of hydrogen-bond acceptors (Lipinski definition) is 9. The number of rotatable bonds is 11. The first kappa shape index (κ1) is 34.1. The number of piperazine rings is 1. The maximum atomic E-state index is 12.9. The van der Waals surface area contributed by atoms with Crippen molar-refractivity contribution in [1.82, 2.24) is 29.1 Å². The average Bonchev–Trinajstić information content (AvgIpc) is 3.88. The van der Waals surface area contributed by atoms with Gasteiger partial charge in [-0.05, 0) is 80.4 Å². The summed E-state index contributed by atoms with van der Waals surface area (Å²) < 4.78 is 23.7. The molecule has 262 valence electrons. The zero-order chi connectivity index (χ0) is 34.8. The van der Waals surface area contributed by atoms with E-state index in [0.717, 1.165) is 55.3 Å². The molecule has 0 amide bonds. The van der Waals surface area contributed by atoms with Gasteiger partial charge in [0, 0.05) is 48.1 Å². The standard InChI is InChI=1S/C36H40Cl2N8O4/c1-4-26(3)46-35(47)45(24-41-46)29-8-12-34(25(2)17-29)43-15-13-42(14-16-43)28-6-9-30(10-7-28)48-19-31-20-49-36(50-31,21-44-23-39-22-40-44)32-11-5-27(37)18-33(32)38/h5-12,17-18,22-24,26,31H,4,13-16,19-21H2,1-3H3/t26?,31?,36-/m1/s1. The molecule has 0 saturated carbocycles. The van der Waals surface area contributed by atoms with E-state index in [2.05, 4.69) is 63.1 Å². The Labute approximate surface area is 300 Å². The lowest BCUT2D eigenvalue weighted by Crippen LogP contribution is -2.46. The van der Waals surface area contributed by atoms with Crippen LogP contribution in [0.15, 0.2) is 84.4 Å². The highest BCUT2D eigenvalue weighted by molar-refractivity contribution is 6.35. The van der Waals surface area contributed by atoms with Crippen molar-refractivity contribution < 1.29 is 14.2 Å². The number of aryl methyl sites for hydroxylation is 1. The molecule has 0 N–H and O–H groups in total. The first-order valence-corrected chi connectivity index (χ1v) is 17.6. The van der Waals surface area contributed by atoms with E-state index in [-0.39, 0.29) is 24.4 Å². The summed E-state index contributed by atoms with van der Waals surface area (Å²) in [4.78, 5) is 21.8. The van der Waals surface area contributed by atoms with Gasteiger partial charge in [0.2, 0.25) is 5.79 Å². The van der Waals surface area contributed by atoms with Crippen molar-refractivity contribution in [3.05, 3.63) is 111 Å². The van der Waals surface area contributed by atoms with Gasteiger partial charge in [0.1, 0.15) is 44.0 Å². The number of halogens is 2. The quantitative estimate of drug-likeness (QED) is 0.166. The molecule has 50 heavy (non-hydrogen) atoms. The Kier molecular flexibility index (Phi) is 9.87. The zero-order valence-corrected chi connectivity index (χ0v) is 29.8. The van der Waals surface area contributed by atoms with Gasteiger partial charge in [-0.15, -0.1) is 0 Å². The molecule has 0 radical (unpaired) electrons. The van der Waals surface area contributed by atoms with Gasteiger partial charge < -0.3 is 24.0 Å². The van der Waals surface area contributed by atoms with Crippen molar-refractivity contribution in [3.63, 3.8) is 0 Å². The molecule has 2 unspecified atom stereocenters. The fourth-order valence-electron chi connectivity index (χ4n) is 6.54. The van der Waals surface area contributed by atoms with Crippen LogP contribution in [0.4, 0.5) is 11.4 Å². The average molecular weight is 720 g/mol. The van der Waals surface area contributed by atoms with Crippen LogP contribution >= 0.6 is 23.2 Å². The molecule has 3 aromatic carbocycles. The molecule has 5 aromatic rings. The Bertz CT molecular complexity index is 1970. The lowest BCUT2D eigenvalue weighted by Gasteiger charge is -2.38. The van der Waals surface area contributed by atoms with E-state index >= 15 is 0 Å². The second kappa shape index (κ2) is 14.5. The van der Waals surface area contributed by atoms with Crippen LogP contribution in [0.25, 0.3) is 5.69 Å². The molecule has 2 aliphatic heterocycles. The predicted octanol–water partition coefficient (Wildman–Crippen LogP) is 5.89. The topological polar surface area (TPSA) is 105 Å². The summed E-state index contributed by atoms with van der Waals surface area (Å²) in [5.41, 5.74) is 4.84. The molecule has 2 fully saturated rings. The highest BCUT2D eigenvalue weighted by Gasteiger charge is 2.45. The van der Waals surface area contributed by atoms with Gasteiger partial charge in [-0.3, -0.25) is 0 Å². The van der Waals surface area contributed by atoms with Crippen molar-refractivity contribution >= 4 is 34.6 Å². The number of ether oxygens (including phenoxy) is 3. The van der Waals surface area contributed by atoms with Gasteiger partial charge in [-0.1, -0.05) is 36.2 Å². The van der Waals surface area contributed by atoms with E-state index in [4.69, 9.17) is 37.4 Å². The maximum Gasteiger partial charge on any atom is 0.350 e. The molecule has 14 heteroatoms. The molecule has 2 saturated heterocycles. The Morgan fingerprint density at radius 2 is 1.72 bits per heavy atom. The Hall–Kier alpha value is -4.36. The third-order valence-corrected chi connectivity index (χ3v) is 10.0. The highest BCUT2D eigenvalue weighted by atomic mass is 35.5. The normalized spacial score (nSPS) is 20.0. The molecule has 4 heterocycles. The molecular formula is C36H40Cl2N8O4. The van der Waals surface area contributed by atoms with E-state index in [1.807, 2.05) is 31.2 Å². The van der Waals surface area contributed by atoms with Gasteiger partial charge in [-0.2, -0.15) is 10.2 Å². The van der Waals surface area contributed by atoms with Crippen LogP contribution in [0.5, 0.6) is 5.75 Å². The minimum atomic E-state index is -1.16. The first-order chi connectivity index (χ1) is 24.2. The summed E-state index contributed by atoms with van der Waals surface area (Å²) in [5.74, 6) is -0.411. The monoisotopic (exact) mass is 718 g/mol. The smallest absolute Gasteiger partial charge is 0.350 e. The van der Waals surface area contributed by atoms with Crippen LogP contribution in [0.3, 0.4) is 0 Å². The number of anilines is 2. The molecule has 12 nitrogen and oxygen atoms in total. The summed E-state index contributed by atoms with van der Waals surface area (Å²) in [5, 5.41) is 9.54. The SMILES string of the molecule is CCC(C)n1ncn(-c2ccc(N3CCN(c4ccc(OCC5CO[C@@](Cn6cncn6)(c6ccc(Cl)cc6Cl)O5)cc4)CC3)c(C)c2)c1=O. The molecule has 7 rings (SSSR count). The fraction of sp³-hybridized carbons (Fsp3) is 0.389. The molecule has 2 aromatic heterocycles. The maximum absolute atomic E-state index is 12.9. The van der Waals surface area contributed by atoms with Crippen molar-refractivity contribution in [2.75, 3.05) is 49.2 Å². The molecular weight excluding hydrogens is 679 g/mol. The summed E-state index contributed by atoms with van der Waals surface area (Å²) in [7, 11) is 0. The van der Waals surface area contributed by atoms with Crippen molar-refractivity contribution in [3.8, 4) is 11.4 Å². The Morgan fingerprint density at radius 1 is 0.960 bits per heavy atom. The third kappa shape index (κ3) is 6.98. The van der Waals surface area contributed by atoms with Gasteiger partial charge >= 0.3 is 5.69 Å². The van der Waals surface area contributed by atoms with Gasteiger partial charge in [-0.25, -0.2) is 23.7 Å². The van der Waals surface area contributed by atoms with Crippen LogP contribution in [0.2, 0.25) is 10.0 Å². The second-order valence-corrected chi connectivity index (χ2v) is 13.6. The Morgan fingerprint density at radius 3 is 2.42 bits per heavy atom. The van der Waals surface area contributed by atoms with Crippen LogP contribution in [0, 0.1) is 6.92 Å². The summed E-state index contributed by atoms with van der Waals surface area (Å²) in [6.07, 6.45) is 5.20. The fourth-order valence-corrected chi connectivity index (χ4v) is 7.10. The van der Waals surface area contributed by atoms with Gasteiger partial charge in [0.25, 0.3) is 0 Å². The van der Waals surface area contributed by atoms with E-state index in [1.165, 1.54) is 12.0 Å². The van der Waals surface area contributed by atoms with E-state index < -0.39 is 5.79 Å². The van der Waals surface area contributed by atoms with Crippen LogP contribution in [-0.4, -0.2) is 74.6 Å². The largest absolute Gasteiger partial charge is 0.491 e. The lowest BCUT2D eigenvalue weighted by molar-refractivity contribution is -0.190. The van der Waals surface area contributed by atoms with Crippen molar-refractivity contribution in [2.24, 2.45) is 0 Å². The van der Waals surface area contributed by atoms with Crippen molar-refractivity contribution in [1.29, 1.82) is 0 Å². The molecule has 2 aliphatic rings. The van der Waals surface area contributed by atoms with Crippen LogP contribution in [0.1, 0.15) is 37.4 Å². The minimum Gasteiger partial charge on any atom is -0.491 e. The number of aromatic nitrogens is 6. The lowest BCUT2D eigenvalue weighted by atomic mass is 10.1. The number of nitrogens with zero attached hydrogens (tertiary/aromatic N) is 8. The first-order valence-electron chi connectivity index (χ1n) is 16.8. The van der Waals surface area contributed by atoms with E-state index in [1.54, 1.807) is 38.7 Å². The zero-order valence-electron chi connectivity index (χ0n) is 28.3. The van der Waals surface area contributed by atoms with Crippen LogP contribution < -0.4 is 20.2 Å². The summed E-state index contributed by atoms with van der Waals surface area (Å²) in [6.45, 7) is 10.6. The van der Waals surface area contributed by atoms with E-state index in [0.29, 0.717) is 28.8 Å². The summed E-state index contributed by atoms with van der Waals surface area (Å²) in [6, 6.07) is 19.7. The minimum absolute atomic E-state index is 0.0609. The van der Waals surface area contributed by atoms with Gasteiger partial charge in [0.05, 0.1) is 23.4 Å². The second-order valence-electron chi connectivity index (χ2n) is 12.8. The van der Waals surface area contributed by atoms with Gasteiger partial charge in [0.15, 0.2) is 0 Å². The molecule has 3 atom stereocenters. The molecule has 0 aliphatic carbocycles. The molecule has 0 bridgehead atoms.